The fraction of sp³-hybridized carbons (Fsp3) is 0.0714. The van der Waals surface area contributed by atoms with Crippen LogP contribution < -0.4 is 4.74 Å². The molecule has 0 fully saturated rings. The highest BCUT2D eigenvalue weighted by Gasteiger charge is 2.18. The maximum atomic E-state index is 13.8. The highest BCUT2D eigenvalue weighted by molar-refractivity contribution is 5.88. The molecule has 0 aliphatic heterocycles. The van der Waals surface area contributed by atoms with Crippen LogP contribution in [0.4, 0.5) is 13.2 Å². The van der Waals surface area contributed by atoms with Crippen molar-refractivity contribution < 1.29 is 27.8 Å². The van der Waals surface area contributed by atoms with Crippen LogP contribution in [0.15, 0.2) is 30.3 Å². The van der Waals surface area contributed by atoms with E-state index >= 15 is 0 Å². The molecule has 6 heteroatoms. The Balaban J connectivity index is 2.59. The number of benzene rings is 2. The third-order valence-corrected chi connectivity index (χ3v) is 2.75. The highest BCUT2D eigenvalue weighted by atomic mass is 19.1. The number of carboxylic acids is 1. The average molecular weight is 282 g/mol. The Hall–Kier alpha value is -2.50. The van der Waals surface area contributed by atoms with Crippen molar-refractivity contribution in [3.05, 3.63) is 53.3 Å². The van der Waals surface area contributed by atoms with Gasteiger partial charge in [-0.2, -0.15) is 0 Å². The number of halogens is 3. The number of carboxylic acid groups (broad SMARTS) is 1. The molecule has 0 unspecified atom stereocenters. The molecule has 0 aliphatic carbocycles. The smallest absolute Gasteiger partial charge is 0.338 e. The molecule has 0 aromatic heterocycles. The number of ether oxygens (including phenoxy) is 1. The maximum absolute atomic E-state index is 13.8. The van der Waals surface area contributed by atoms with Gasteiger partial charge in [-0.1, -0.05) is 0 Å². The third kappa shape index (κ3) is 2.45. The predicted molar refractivity (Wildman–Crippen MR) is 65.3 cm³/mol. The van der Waals surface area contributed by atoms with Crippen molar-refractivity contribution in [1.29, 1.82) is 0 Å². The van der Waals surface area contributed by atoms with Crippen LogP contribution >= 0.6 is 0 Å². The summed E-state index contributed by atoms with van der Waals surface area (Å²) in [4.78, 5) is 10.7. The zero-order valence-corrected chi connectivity index (χ0v) is 10.3. The Morgan fingerprint density at radius 3 is 2.20 bits per heavy atom. The lowest BCUT2D eigenvalue weighted by Gasteiger charge is -2.08. The third-order valence-electron chi connectivity index (χ3n) is 2.75. The van der Waals surface area contributed by atoms with E-state index in [0.717, 1.165) is 6.07 Å². The van der Waals surface area contributed by atoms with Crippen molar-refractivity contribution in [1.82, 2.24) is 0 Å². The van der Waals surface area contributed by atoms with E-state index in [-0.39, 0.29) is 16.9 Å². The summed E-state index contributed by atoms with van der Waals surface area (Å²) < 4.78 is 46.0. The summed E-state index contributed by atoms with van der Waals surface area (Å²) in [6.45, 7) is 0. The molecule has 2 rings (SSSR count). The molecule has 0 amide bonds. The van der Waals surface area contributed by atoms with Gasteiger partial charge in [-0.25, -0.2) is 18.0 Å². The number of hydrogen-bond acceptors (Lipinski definition) is 2. The van der Waals surface area contributed by atoms with Crippen molar-refractivity contribution in [2.75, 3.05) is 7.11 Å². The molecule has 0 saturated heterocycles. The SMILES string of the molecule is COc1ccc(-c2cc(F)c(C(=O)O)cc2F)c(F)c1. The first kappa shape index (κ1) is 13.9. The monoisotopic (exact) mass is 282 g/mol. The number of aromatic carboxylic acids is 1. The predicted octanol–water partition coefficient (Wildman–Crippen LogP) is 3.48. The topological polar surface area (TPSA) is 46.5 Å². The summed E-state index contributed by atoms with van der Waals surface area (Å²) in [5, 5.41) is 8.68. The first-order chi connectivity index (χ1) is 9.43. The molecule has 0 saturated carbocycles. The lowest BCUT2D eigenvalue weighted by atomic mass is 10.0. The van der Waals surface area contributed by atoms with E-state index < -0.39 is 29.0 Å². The van der Waals surface area contributed by atoms with Crippen molar-refractivity contribution in [2.24, 2.45) is 0 Å². The molecule has 0 radical (unpaired) electrons. The number of rotatable bonds is 3. The Morgan fingerprint density at radius 2 is 1.65 bits per heavy atom. The van der Waals surface area contributed by atoms with E-state index in [1.165, 1.54) is 19.2 Å². The van der Waals surface area contributed by atoms with Crippen LogP contribution in [0.5, 0.6) is 5.75 Å². The molecule has 2 aromatic rings. The Morgan fingerprint density at radius 1 is 1.00 bits per heavy atom. The molecular weight excluding hydrogens is 273 g/mol. The van der Waals surface area contributed by atoms with Gasteiger partial charge in [0.1, 0.15) is 23.2 Å². The average Bonchev–Trinajstić information content (AvgIpc) is 2.40. The van der Waals surface area contributed by atoms with Crippen LogP contribution in [0, 0.1) is 17.5 Å². The van der Waals surface area contributed by atoms with Crippen LogP contribution in [0.1, 0.15) is 10.4 Å². The summed E-state index contributed by atoms with van der Waals surface area (Å²) in [6, 6.07) is 4.82. The summed E-state index contributed by atoms with van der Waals surface area (Å²) in [6.07, 6.45) is 0. The van der Waals surface area contributed by atoms with E-state index in [1.54, 1.807) is 0 Å². The first-order valence-corrected chi connectivity index (χ1v) is 5.50. The van der Waals surface area contributed by atoms with Gasteiger partial charge in [-0.3, -0.25) is 0 Å². The largest absolute Gasteiger partial charge is 0.497 e. The molecule has 104 valence electrons. The number of methoxy groups -OCH3 is 1. The lowest BCUT2D eigenvalue weighted by Crippen LogP contribution is -2.03. The van der Waals surface area contributed by atoms with Crippen LogP contribution in [0.2, 0.25) is 0 Å². The Labute approximate surface area is 112 Å². The van der Waals surface area contributed by atoms with Crippen LogP contribution in [-0.2, 0) is 0 Å². The highest BCUT2D eigenvalue weighted by Crippen LogP contribution is 2.30. The molecule has 0 bridgehead atoms. The van der Waals surface area contributed by atoms with Gasteiger partial charge in [0.2, 0.25) is 0 Å². The van der Waals surface area contributed by atoms with E-state index in [2.05, 4.69) is 0 Å². The van der Waals surface area contributed by atoms with Crippen LogP contribution in [0.3, 0.4) is 0 Å². The van der Waals surface area contributed by atoms with E-state index in [4.69, 9.17) is 9.84 Å². The second-order valence-corrected chi connectivity index (χ2v) is 3.96. The second kappa shape index (κ2) is 5.24. The second-order valence-electron chi connectivity index (χ2n) is 3.96. The standard InChI is InChI=1S/C14H9F3O3/c1-20-7-2-3-8(11(15)4-7)9-5-13(17)10(14(18)19)6-12(9)16/h2-6H,1H3,(H,18,19). The Bertz CT molecular complexity index is 684. The van der Waals surface area contributed by atoms with E-state index in [0.29, 0.717) is 12.1 Å². The summed E-state index contributed by atoms with van der Waals surface area (Å²) in [5.41, 5.74) is -1.34. The molecule has 1 N–H and O–H groups in total. The molecule has 2 aromatic carbocycles. The maximum Gasteiger partial charge on any atom is 0.338 e. The molecule has 0 spiro atoms. The molecule has 3 nitrogen and oxygen atoms in total. The van der Waals surface area contributed by atoms with Crippen molar-refractivity contribution in [3.8, 4) is 16.9 Å². The summed E-state index contributed by atoms with van der Waals surface area (Å²) >= 11 is 0. The minimum Gasteiger partial charge on any atom is -0.497 e. The summed E-state index contributed by atoms with van der Waals surface area (Å²) in [5.74, 6) is -4.32. The normalized spacial score (nSPS) is 10.4. The van der Waals surface area contributed by atoms with Crippen LogP contribution in [-0.4, -0.2) is 18.2 Å². The molecule has 0 aliphatic rings. The van der Waals surface area contributed by atoms with E-state index in [9.17, 15) is 18.0 Å². The van der Waals surface area contributed by atoms with Gasteiger partial charge in [-0.15, -0.1) is 0 Å². The quantitative estimate of drug-likeness (QED) is 0.937. The molecule has 0 heterocycles. The number of carbonyl (C=O) groups is 1. The zero-order chi connectivity index (χ0) is 14.9. The zero-order valence-electron chi connectivity index (χ0n) is 10.3. The minimum absolute atomic E-state index is 0.181. The number of hydrogen-bond donors (Lipinski definition) is 1. The molecule has 0 atom stereocenters. The van der Waals surface area contributed by atoms with Gasteiger partial charge in [-0.05, 0) is 24.3 Å². The minimum atomic E-state index is -1.59. The van der Waals surface area contributed by atoms with Gasteiger partial charge >= 0.3 is 5.97 Å². The van der Waals surface area contributed by atoms with Gasteiger partial charge < -0.3 is 9.84 Å². The van der Waals surface area contributed by atoms with Crippen molar-refractivity contribution in [3.63, 3.8) is 0 Å². The van der Waals surface area contributed by atoms with Gasteiger partial charge in [0.15, 0.2) is 0 Å². The first-order valence-electron chi connectivity index (χ1n) is 5.50. The van der Waals surface area contributed by atoms with E-state index in [1.807, 2.05) is 0 Å². The Kier molecular flexibility index (Phi) is 3.65. The fourth-order valence-corrected chi connectivity index (χ4v) is 1.76. The lowest BCUT2D eigenvalue weighted by molar-refractivity contribution is 0.0691. The summed E-state index contributed by atoms with van der Waals surface area (Å²) in [7, 11) is 1.34. The van der Waals surface area contributed by atoms with Crippen molar-refractivity contribution in [2.45, 2.75) is 0 Å². The molecular formula is C14H9F3O3. The van der Waals surface area contributed by atoms with Crippen LogP contribution in [0.25, 0.3) is 11.1 Å². The fourth-order valence-electron chi connectivity index (χ4n) is 1.76. The van der Waals surface area contributed by atoms with Gasteiger partial charge in [0.25, 0.3) is 0 Å². The van der Waals surface area contributed by atoms with Crippen molar-refractivity contribution >= 4 is 5.97 Å². The van der Waals surface area contributed by atoms with Gasteiger partial charge in [0.05, 0.1) is 12.7 Å². The molecule has 20 heavy (non-hydrogen) atoms. The van der Waals surface area contributed by atoms with Gasteiger partial charge in [0, 0.05) is 17.2 Å².